The Bertz CT molecular complexity index is 849. The molecule has 10 heteroatoms. The van der Waals surface area contributed by atoms with Crippen molar-refractivity contribution in [3.05, 3.63) is 60.2 Å². The molecular weight excluding hydrogens is 410 g/mol. The van der Waals surface area contributed by atoms with Crippen LogP contribution in [0, 0.1) is 0 Å². The van der Waals surface area contributed by atoms with Gasteiger partial charge >= 0.3 is 59.0 Å². The van der Waals surface area contributed by atoms with Crippen molar-refractivity contribution in [1.29, 1.82) is 0 Å². The molecule has 2 aromatic carbocycles. The topological polar surface area (TPSA) is 139 Å². The standard InChI is InChI=1S/C18H21N2O6P.K.H/c19-17(21)16(27(23,24)25)18(22)20-11-5-7-13-6-4-10-15(12-13)26-14-8-2-1-3-9-14;;/h1-4,6,8-10,12,16H,5,7,11H2,(H2,19,21)(H,20,22)(H2,23,24,25);;/q;+1;-1. The number of para-hydroxylation sites is 1. The summed E-state index contributed by atoms with van der Waals surface area (Å²) in [5.74, 6) is -1.03. The Balaban J connectivity index is 0.00000392. The van der Waals surface area contributed by atoms with E-state index in [4.69, 9.17) is 20.3 Å². The Morgan fingerprint density at radius 1 is 1.11 bits per heavy atom. The van der Waals surface area contributed by atoms with Crippen LogP contribution in [0.25, 0.3) is 0 Å². The zero-order valence-electron chi connectivity index (χ0n) is 16.4. The van der Waals surface area contributed by atoms with Crippen LogP contribution in [0.15, 0.2) is 54.6 Å². The molecule has 0 saturated heterocycles. The van der Waals surface area contributed by atoms with Gasteiger partial charge in [-0.25, -0.2) is 0 Å². The van der Waals surface area contributed by atoms with Gasteiger partial charge < -0.3 is 27.0 Å². The maximum atomic E-state index is 11.8. The van der Waals surface area contributed by atoms with Crippen molar-refractivity contribution in [2.24, 2.45) is 5.73 Å². The molecule has 0 saturated carbocycles. The summed E-state index contributed by atoms with van der Waals surface area (Å²) in [6.45, 7) is 0.145. The van der Waals surface area contributed by atoms with Gasteiger partial charge in [-0.15, -0.1) is 0 Å². The molecule has 0 fully saturated rings. The number of aryl methyl sites for hydroxylation is 1. The van der Waals surface area contributed by atoms with Crippen molar-refractivity contribution in [1.82, 2.24) is 5.32 Å². The van der Waals surface area contributed by atoms with E-state index in [9.17, 15) is 14.2 Å². The third-order valence-electron chi connectivity index (χ3n) is 3.67. The van der Waals surface area contributed by atoms with Crippen LogP contribution in [-0.2, 0) is 20.6 Å². The summed E-state index contributed by atoms with van der Waals surface area (Å²) in [5, 5.41) is 2.33. The van der Waals surface area contributed by atoms with Crippen molar-refractivity contribution in [2.75, 3.05) is 6.54 Å². The molecule has 1 atom stereocenters. The van der Waals surface area contributed by atoms with Gasteiger partial charge in [0.05, 0.1) is 0 Å². The summed E-state index contributed by atoms with van der Waals surface area (Å²) >= 11 is 0. The van der Waals surface area contributed by atoms with Gasteiger partial charge in [-0.05, 0) is 42.7 Å². The number of rotatable bonds is 9. The number of nitrogens with one attached hydrogen (secondary N) is 1. The normalized spacial score (nSPS) is 11.8. The Morgan fingerprint density at radius 2 is 1.75 bits per heavy atom. The van der Waals surface area contributed by atoms with Crippen molar-refractivity contribution < 1.29 is 81.5 Å². The van der Waals surface area contributed by atoms with Gasteiger partial charge in [0, 0.05) is 6.54 Å². The first kappa shape index (κ1) is 25.0. The van der Waals surface area contributed by atoms with Crippen molar-refractivity contribution in [3.63, 3.8) is 0 Å². The zero-order valence-corrected chi connectivity index (χ0v) is 19.5. The van der Waals surface area contributed by atoms with E-state index in [0.29, 0.717) is 18.6 Å². The molecule has 0 aromatic heterocycles. The number of carbonyl (C=O) groups excluding carboxylic acids is 2. The third-order valence-corrected chi connectivity index (χ3v) is 4.83. The van der Waals surface area contributed by atoms with E-state index >= 15 is 0 Å². The second-order valence-electron chi connectivity index (χ2n) is 5.85. The smallest absolute Gasteiger partial charge is 1.00 e. The molecule has 0 aliphatic rings. The van der Waals surface area contributed by atoms with Crippen molar-refractivity contribution in [2.45, 2.75) is 18.5 Å². The molecule has 0 heterocycles. The van der Waals surface area contributed by atoms with Crippen LogP contribution in [0.1, 0.15) is 13.4 Å². The minimum atomic E-state index is -4.94. The van der Waals surface area contributed by atoms with Crippen molar-refractivity contribution in [3.8, 4) is 11.5 Å². The molecule has 2 amide bonds. The van der Waals surface area contributed by atoms with Gasteiger partial charge in [-0.2, -0.15) is 0 Å². The SMILES string of the molecule is NC(=O)C(C(=O)NCCCc1cccc(Oc2ccccc2)c1)P(=O)(O)O.[H-].[K+]. The number of ether oxygens (including phenoxy) is 1. The number of primary amides is 1. The van der Waals surface area contributed by atoms with E-state index in [2.05, 4.69) is 5.32 Å². The Hall–Kier alpha value is -1.03. The van der Waals surface area contributed by atoms with Crippen LogP contribution in [0.4, 0.5) is 0 Å². The van der Waals surface area contributed by atoms with Gasteiger partial charge in [0.25, 0.3) is 0 Å². The minimum absolute atomic E-state index is 0. The van der Waals surface area contributed by atoms with E-state index in [0.717, 1.165) is 11.3 Å². The maximum absolute atomic E-state index is 11.8. The number of carbonyl (C=O) groups is 2. The Kier molecular flexibility index (Phi) is 10.6. The van der Waals surface area contributed by atoms with Gasteiger partial charge in [-0.3, -0.25) is 14.2 Å². The maximum Gasteiger partial charge on any atom is 1.00 e. The Morgan fingerprint density at radius 3 is 2.36 bits per heavy atom. The first-order valence-corrected chi connectivity index (χ1v) is 9.89. The second kappa shape index (κ2) is 11.8. The molecule has 5 N–H and O–H groups in total. The van der Waals surface area contributed by atoms with Crippen LogP contribution < -0.4 is 67.2 Å². The number of nitrogens with two attached hydrogens (primary N) is 1. The summed E-state index contributed by atoms with van der Waals surface area (Å²) in [5.41, 5.74) is 3.70. The summed E-state index contributed by atoms with van der Waals surface area (Å²) < 4.78 is 16.9. The predicted molar refractivity (Wildman–Crippen MR) is 100 cm³/mol. The molecule has 0 aliphatic carbocycles. The van der Waals surface area contributed by atoms with Gasteiger partial charge in [-0.1, -0.05) is 30.3 Å². The predicted octanol–water partition coefficient (Wildman–Crippen LogP) is -1.32. The molecule has 2 rings (SSSR count). The zero-order chi connectivity index (χ0) is 19.9. The molecule has 0 radical (unpaired) electrons. The van der Waals surface area contributed by atoms with Crippen LogP contribution >= 0.6 is 7.60 Å². The molecule has 1 unspecified atom stereocenters. The molecule has 0 spiro atoms. The molecular formula is C18H22KN2O6P. The first-order valence-electron chi connectivity index (χ1n) is 8.21. The molecule has 8 nitrogen and oxygen atoms in total. The largest absolute Gasteiger partial charge is 1.00 e. The molecule has 2 aromatic rings. The van der Waals surface area contributed by atoms with Crippen LogP contribution in [0.2, 0.25) is 0 Å². The van der Waals surface area contributed by atoms with Gasteiger partial charge in [0.2, 0.25) is 17.5 Å². The molecule has 146 valence electrons. The summed E-state index contributed by atoms with van der Waals surface area (Å²) in [6.07, 6.45) is 1.11. The van der Waals surface area contributed by atoms with E-state index in [1.54, 1.807) is 0 Å². The monoisotopic (exact) mass is 432 g/mol. The number of benzene rings is 2. The van der Waals surface area contributed by atoms with E-state index < -0.39 is 25.1 Å². The summed E-state index contributed by atoms with van der Waals surface area (Å²) in [7, 11) is -4.94. The fourth-order valence-corrected chi connectivity index (χ4v) is 3.17. The fraction of sp³-hybridized carbons (Fsp3) is 0.222. The number of amides is 2. The number of hydrogen-bond acceptors (Lipinski definition) is 4. The first-order chi connectivity index (χ1) is 12.8. The van der Waals surface area contributed by atoms with Crippen molar-refractivity contribution >= 4 is 19.4 Å². The fourth-order valence-electron chi connectivity index (χ4n) is 2.44. The third kappa shape index (κ3) is 8.14. The van der Waals surface area contributed by atoms with Crippen LogP contribution in [-0.4, -0.2) is 33.8 Å². The molecule has 0 bridgehead atoms. The van der Waals surface area contributed by atoms with Crippen LogP contribution in [0.5, 0.6) is 11.5 Å². The quantitative estimate of drug-likeness (QED) is 0.168. The molecule has 0 aliphatic heterocycles. The summed E-state index contributed by atoms with van der Waals surface area (Å²) in [4.78, 5) is 40.9. The number of hydrogen-bond donors (Lipinski definition) is 4. The second-order valence-corrected chi connectivity index (χ2v) is 7.55. The Labute approximate surface area is 206 Å². The van der Waals surface area contributed by atoms with Crippen LogP contribution in [0.3, 0.4) is 0 Å². The van der Waals surface area contributed by atoms with E-state index in [-0.39, 0.29) is 59.4 Å². The molecule has 28 heavy (non-hydrogen) atoms. The average molecular weight is 432 g/mol. The average Bonchev–Trinajstić information content (AvgIpc) is 2.58. The van der Waals surface area contributed by atoms with E-state index in [1.165, 1.54) is 0 Å². The van der Waals surface area contributed by atoms with E-state index in [1.807, 2.05) is 54.6 Å². The minimum Gasteiger partial charge on any atom is -1.00 e. The summed E-state index contributed by atoms with van der Waals surface area (Å²) in [6, 6.07) is 16.8. The van der Waals surface area contributed by atoms with Gasteiger partial charge in [0.1, 0.15) is 11.5 Å². The van der Waals surface area contributed by atoms with Gasteiger partial charge in [0.15, 0.2) is 0 Å².